The summed E-state index contributed by atoms with van der Waals surface area (Å²) < 4.78 is 25.1. The van der Waals surface area contributed by atoms with E-state index in [4.69, 9.17) is 15.2 Å². The molecule has 230 valence electrons. The molecule has 2 aromatic rings. The second-order valence-electron chi connectivity index (χ2n) is 10.2. The Kier molecular flexibility index (Phi) is 11.1. The molecule has 2 heterocycles. The molecule has 2 amide bonds. The quantitative estimate of drug-likeness (QED) is 0.156. The van der Waals surface area contributed by atoms with Gasteiger partial charge in [0.1, 0.15) is 37.0 Å². The number of aromatic amines is 1. The highest BCUT2D eigenvalue weighted by atomic mass is 19.1. The van der Waals surface area contributed by atoms with Crippen LogP contribution >= 0.6 is 0 Å². The molecule has 0 radical (unpaired) electrons. The molecule has 42 heavy (non-hydrogen) atoms. The first-order chi connectivity index (χ1) is 19.8. The standard InChI is InChI=1S/C27H36FN5O9/c1-4-13(2)19(31-24(38)17(30-22(36)14(3)29)10-15-8-6-5-7-9-15)26(39)41-12-18-20(34)21(35)25(42-18)33-11-16(28)23(37)32-27(33)40/h5-9,11,13-14,17-21,25,34-35H,4,10,12,29H2,1-3H3,(H,30,36)(H,31,38)(H,32,37,40)/t13-,14-,17-,18-,19-,20?,21?,25-/m0/s1. The van der Waals surface area contributed by atoms with Crippen molar-refractivity contribution in [2.45, 2.75) is 76.3 Å². The molecule has 1 aliphatic heterocycles. The summed E-state index contributed by atoms with van der Waals surface area (Å²) in [5.41, 5.74) is 4.07. The number of amides is 2. The van der Waals surface area contributed by atoms with Gasteiger partial charge in [-0.1, -0.05) is 50.6 Å². The molecule has 15 heteroatoms. The third-order valence-corrected chi connectivity index (χ3v) is 7.02. The van der Waals surface area contributed by atoms with E-state index in [2.05, 4.69) is 10.6 Å². The molecule has 14 nitrogen and oxygen atoms in total. The van der Waals surface area contributed by atoms with Crippen molar-refractivity contribution in [3.63, 3.8) is 0 Å². The van der Waals surface area contributed by atoms with Gasteiger partial charge in [-0.25, -0.2) is 9.59 Å². The summed E-state index contributed by atoms with van der Waals surface area (Å²) in [6, 6.07) is 5.82. The predicted molar refractivity (Wildman–Crippen MR) is 145 cm³/mol. The van der Waals surface area contributed by atoms with Crippen LogP contribution in [0.15, 0.2) is 46.1 Å². The first-order valence-electron chi connectivity index (χ1n) is 13.4. The van der Waals surface area contributed by atoms with E-state index in [-0.39, 0.29) is 6.42 Å². The molecular weight excluding hydrogens is 557 g/mol. The summed E-state index contributed by atoms with van der Waals surface area (Å²) in [5, 5.41) is 26.1. The van der Waals surface area contributed by atoms with Crippen LogP contribution in [0.3, 0.4) is 0 Å². The average Bonchev–Trinajstić information content (AvgIpc) is 3.24. The number of nitrogens with one attached hydrogen (secondary N) is 3. The van der Waals surface area contributed by atoms with Crippen molar-refractivity contribution in [1.82, 2.24) is 20.2 Å². The van der Waals surface area contributed by atoms with Gasteiger partial charge >= 0.3 is 11.7 Å². The zero-order chi connectivity index (χ0) is 31.1. The molecule has 1 aromatic carbocycles. The number of ether oxygens (including phenoxy) is 2. The van der Waals surface area contributed by atoms with Crippen molar-refractivity contribution < 1.29 is 38.5 Å². The third kappa shape index (κ3) is 7.88. The van der Waals surface area contributed by atoms with Crippen LogP contribution in [0, 0.1) is 11.7 Å². The largest absolute Gasteiger partial charge is 0.461 e. The second kappa shape index (κ2) is 14.3. The monoisotopic (exact) mass is 593 g/mol. The normalized spacial score (nSPS) is 22.9. The number of esters is 1. The van der Waals surface area contributed by atoms with E-state index in [1.54, 1.807) is 49.2 Å². The molecule has 0 aliphatic carbocycles. The number of halogens is 1. The Morgan fingerprint density at radius 3 is 2.40 bits per heavy atom. The maximum Gasteiger partial charge on any atom is 0.330 e. The molecule has 1 fully saturated rings. The highest BCUT2D eigenvalue weighted by Gasteiger charge is 2.45. The number of carbonyl (C=O) groups is 3. The van der Waals surface area contributed by atoms with E-state index in [9.17, 15) is 38.6 Å². The van der Waals surface area contributed by atoms with Crippen LogP contribution in [0.25, 0.3) is 0 Å². The molecule has 1 saturated heterocycles. The SMILES string of the molecule is CC[C@H](C)[C@H](NC(=O)[C@H](Cc1ccccc1)NC(=O)[C@H](C)N)C(=O)OC[C@@H]1O[C@H](n2cc(F)c(=O)[nH]c2=O)C(O)C1O. The van der Waals surface area contributed by atoms with Crippen molar-refractivity contribution in [3.05, 3.63) is 68.7 Å². The Morgan fingerprint density at radius 2 is 1.79 bits per heavy atom. The number of aromatic nitrogens is 2. The number of aliphatic hydroxyl groups excluding tert-OH is 2. The number of benzene rings is 1. The van der Waals surface area contributed by atoms with Gasteiger partial charge in [0, 0.05) is 6.42 Å². The van der Waals surface area contributed by atoms with E-state index in [1.807, 2.05) is 0 Å². The smallest absolute Gasteiger partial charge is 0.330 e. The first-order valence-corrected chi connectivity index (χ1v) is 13.4. The number of nitrogens with zero attached hydrogens (tertiary/aromatic N) is 1. The van der Waals surface area contributed by atoms with Gasteiger partial charge in [-0.15, -0.1) is 0 Å². The fourth-order valence-corrected chi connectivity index (χ4v) is 4.29. The molecule has 3 rings (SSSR count). The lowest BCUT2D eigenvalue weighted by Crippen LogP contribution is -2.56. The minimum Gasteiger partial charge on any atom is -0.461 e. The van der Waals surface area contributed by atoms with Gasteiger partial charge in [-0.2, -0.15) is 4.39 Å². The number of H-pyrrole nitrogens is 1. The fraction of sp³-hybridized carbons (Fsp3) is 0.519. The Hall–Kier alpha value is -3.92. The van der Waals surface area contributed by atoms with Gasteiger partial charge in [0.15, 0.2) is 6.23 Å². The number of nitrogens with two attached hydrogens (primary N) is 1. The molecule has 2 unspecified atom stereocenters. The van der Waals surface area contributed by atoms with Gasteiger partial charge in [0.25, 0.3) is 5.56 Å². The molecule has 0 spiro atoms. The minimum absolute atomic E-state index is 0.125. The van der Waals surface area contributed by atoms with Crippen molar-refractivity contribution in [3.8, 4) is 0 Å². The topological polar surface area (TPSA) is 215 Å². The number of hydrogen-bond acceptors (Lipinski definition) is 10. The first kappa shape index (κ1) is 32.6. The van der Waals surface area contributed by atoms with Gasteiger partial charge in [0.05, 0.1) is 12.2 Å². The van der Waals surface area contributed by atoms with E-state index in [1.165, 1.54) is 6.92 Å². The molecule has 8 atom stereocenters. The summed E-state index contributed by atoms with van der Waals surface area (Å²) in [4.78, 5) is 63.9. The Morgan fingerprint density at radius 1 is 1.12 bits per heavy atom. The summed E-state index contributed by atoms with van der Waals surface area (Å²) in [6.07, 6.45) is -5.18. The highest BCUT2D eigenvalue weighted by molar-refractivity contribution is 5.92. The minimum atomic E-state index is -1.73. The molecule has 1 aromatic heterocycles. The predicted octanol–water partition coefficient (Wildman–Crippen LogP) is -1.56. The van der Waals surface area contributed by atoms with Crippen molar-refractivity contribution in [2.75, 3.05) is 6.61 Å². The van der Waals surface area contributed by atoms with Crippen LogP contribution in [0.4, 0.5) is 4.39 Å². The van der Waals surface area contributed by atoms with E-state index in [0.29, 0.717) is 17.2 Å². The van der Waals surface area contributed by atoms with Crippen LogP contribution in [0.2, 0.25) is 0 Å². The van der Waals surface area contributed by atoms with Crippen molar-refractivity contribution in [2.24, 2.45) is 11.7 Å². The summed E-state index contributed by atoms with van der Waals surface area (Å²) in [5.74, 6) is -3.82. The zero-order valence-electron chi connectivity index (χ0n) is 23.4. The van der Waals surface area contributed by atoms with E-state index < -0.39 is 90.0 Å². The molecule has 7 N–H and O–H groups in total. The van der Waals surface area contributed by atoms with Crippen molar-refractivity contribution >= 4 is 17.8 Å². The number of aliphatic hydroxyl groups is 2. The second-order valence-corrected chi connectivity index (χ2v) is 10.2. The van der Waals surface area contributed by atoms with Gasteiger partial charge in [-0.3, -0.25) is 23.9 Å². The molecule has 1 aliphatic rings. The zero-order valence-corrected chi connectivity index (χ0v) is 23.4. The Balaban J connectivity index is 1.71. The lowest BCUT2D eigenvalue weighted by atomic mass is 9.98. The van der Waals surface area contributed by atoms with Gasteiger partial charge in [-0.05, 0) is 18.4 Å². The van der Waals surface area contributed by atoms with Gasteiger partial charge < -0.3 is 36.1 Å². The number of hydrogen-bond donors (Lipinski definition) is 6. The van der Waals surface area contributed by atoms with Crippen LogP contribution in [-0.2, 0) is 30.3 Å². The maximum atomic E-state index is 13.7. The van der Waals surface area contributed by atoms with Crippen LogP contribution in [0.5, 0.6) is 0 Å². The lowest BCUT2D eigenvalue weighted by Gasteiger charge is -2.27. The Labute approximate surface area is 240 Å². The average molecular weight is 594 g/mol. The number of rotatable bonds is 12. The summed E-state index contributed by atoms with van der Waals surface area (Å²) >= 11 is 0. The van der Waals surface area contributed by atoms with Crippen LogP contribution in [-0.4, -0.2) is 80.6 Å². The summed E-state index contributed by atoms with van der Waals surface area (Å²) in [6.45, 7) is 4.38. The van der Waals surface area contributed by atoms with Crippen LogP contribution in [0.1, 0.15) is 39.0 Å². The van der Waals surface area contributed by atoms with Crippen molar-refractivity contribution in [1.29, 1.82) is 0 Å². The van der Waals surface area contributed by atoms with Crippen LogP contribution < -0.4 is 27.6 Å². The Bertz CT molecular complexity index is 1370. The fourth-order valence-electron chi connectivity index (χ4n) is 4.29. The lowest BCUT2D eigenvalue weighted by molar-refractivity contribution is -0.155. The molecule has 0 bridgehead atoms. The maximum absolute atomic E-state index is 13.7. The third-order valence-electron chi connectivity index (χ3n) is 7.02. The van der Waals surface area contributed by atoms with E-state index in [0.717, 1.165) is 5.56 Å². The molecular formula is C27H36FN5O9. The van der Waals surface area contributed by atoms with E-state index >= 15 is 0 Å². The molecule has 0 saturated carbocycles. The highest BCUT2D eigenvalue weighted by Crippen LogP contribution is 2.28. The summed E-state index contributed by atoms with van der Waals surface area (Å²) in [7, 11) is 0. The van der Waals surface area contributed by atoms with Gasteiger partial charge in [0.2, 0.25) is 17.6 Å². The number of carbonyl (C=O) groups excluding carboxylic acids is 3.